The Balaban J connectivity index is 2.17. The summed E-state index contributed by atoms with van der Waals surface area (Å²) in [4.78, 5) is 47.9. The van der Waals surface area contributed by atoms with Crippen molar-refractivity contribution in [3.8, 4) is 0 Å². The van der Waals surface area contributed by atoms with Crippen LogP contribution in [0, 0.1) is 10.1 Å². The van der Waals surface area contributed by atoms with Crippen LogP contribution in [0.5, 0.6) is 0 Å². The molecule has 0 saturated heterocycles. The Labute approximate surface area is 157 Å². The number of anilines is 1. The molecule has 0 radical (unpaired) electrons. The molecule has 0 amide bonds. The van der Waals surface area contributed by atoms with E-state index in [0.717, 1.165) is 4.57 Å². The van der Waals surface area contributed by atoms with Crippen molar-refractivity contribution >= 4 is 35.0 Å². The van der Waals surface area contributed by atoms with E-state index in [0.29, 0.717) is 13.0 Å². The number of Topliss-reactive ketones (excluding diaryl/α,β-unsaturated/α-hetero) is 1. The highest BCUT2D eigenvalue weighted by atomic mass is 35.5. The fourth-order valence-corrected chi connectivity index (χ4v) is 3.04. The van der Waals surface area contributed by atoms with Gasteiger partial charge in [-0.25, -0.2) is 4.79 Å². The Morgan fingerprint density at radius 2 is 2.00 bits per heavy atom. The summed E-state index contributed by atoms with van der Waals surface area (Å²) in [6.07, 6.45) is 1.95. The molecular formula is C17H15ClN4O5. The van der Waals surface area contributed by atoms with Gasteiger partial charge in [0.25, 0.3) is 11.2 Å². The lowest BCUT2D eigenvalue weighted by Crippen LogP contribution is -2.40. The number of non-ortho nitro benzene ring substituents is 1. The smallest absolute Gasteiger partial charge is 0.332 e. The first-order valence-electron chi connectivity index (χ1n) is 8.07. The van der Waals surface area contributed by atoms with E-state index in [-0.39, 0.29) is 33.4 Å². The molecule has 0 spiro atoms. The van der Waals surface area contributed by atoms with Gasteiger partial charge >= 0.3 is 5.69 Å². The maximum Gasteiger partial charge on any atom is 0.332 e. The Kier molecular flexibility index (Phi) is 4.71. The summed E-state index contributed by atoms with van der Waals surface area (Å²) in [7, 11) is 1.31. The van der Waals surface area contributed by atoms with Crippen molar-refractivity contribution in [2.75, 3.05) is 5.32 Å². The third-order valence-electron chi connectivity index (χ3n) is 4.21. The van der Waals surface area contributed by atoms with Crippen LogP contribution in [0.2, 0.25) is 5.02 Å². The standard InChI is InChI=1S/C17H15ClN4O5/c1-3-6-21-15-13(16(24)20(2)17(21)25)14(23)12(19-15)8-9-7-10(22(26)27)4-5-11(9)18/h4-5,7-8,19H,3,6H2,1-2H3/b12-8-. The highest BCUT2D eigenvalue weighted by Gasteiger charge is 2.32. The number of nitro benzene ring substituents is 1. The predicted molar refractivity (Wildman–Crippen MR) is 100 cm³/mol. The van der Waals surface area contributed by atoms with Gasteiger partial charge in [0.2, 0.25) is 5.78 Å². The van der Waals surface area contributed by atoms with Crippen molar-refractivity contribution < 1.29 is 9.72 Å². The number of halogens is 1. The summed E-state index contributed by atoms with van der Waals surface area (Å²) in [5, 5.41) is 14.0. The molecule has 1 N–H and O–H groups in total. The zero-order valence-corrected chi connectivity index (χ0v) is 15.2. The summed E-state index contributed by atoms with van der Waals surface area (Å²) in [6.45, 7) is 2.18. The van der Waals surface area contributed by atoms with E-state index < -0.39 is 22.0 Å². The van der Waals surface area contributed by atoms with E-state index in [4.69, 9.17) is 11.6 Å². The van der Waals surface area contributed by atoms with Gasteiger partial charge in [-0.3, -0.25) is 28.8 Å². The van der Waals surface area contributed by atoms with Crippen molar-refractivity contribution in [3.63, 3.8) is 0 Å². The van der Waals surface area contributed by atoms with Crippen molar-refractivity contribution in [2.45, 2.75) is 19.9 Å². The summed E-state index contributed by atoms with van der Waals surface area (Å²) < 4.78 is 2.21. The number of hydrogen-bond donors (Lipinski definition) is 1. The van der Waals surface area contributed by atoms with Crippen molar-refractivity contribution in [1.29, 1.82) is 0 Å². The third-order valence-corrected chi connectivity index (χ3v) is 4.55. The zero-order valence-electron chi connectivity index (χ0n) is 14.5. The first kappa shape index (κ1) is 18.6. The van der Waals surface area contributed by atoms with Gasteiger partial charge in [-0.2, -0.15) is 0 Å². The second-order valence-electron chi connectivity index (χ2n) is 6.00. The van der Waals surface area contributed by atoms with Crippen molar-refractivity contribution in [1.82, 2.24) is 9.13 Å². The largest absolute Gasteiger partial charge is 0.338 e. The molecule has 10 heteroatoms. The summed E-state index contributed by atoms with van der Waals surface area (Å²) in [6, 6.07) is 3.83. The SMILES string of the molecule is CCCn1c2c(c(=O)n(C)c1=O)C(=O)/C(=C/c1cc([N+](=O)[O-])ccc1Cl)N2. The molecule has 1 aromatic carbocycles. The van der Waals surface area contributed by atoms with Gasteiger partial charge in [-0.15, -0.1) is 0 Å². The lowest BCUT2D eigenvalue weighted by Gasteiger charge is -2.11. The molecule has 27 heavy (non-hydrogen) atoms. The molecule has 1 aliphatic rings. The average Bonchev–Trinajstić information content (AvgIpc) is 2.95. The van der Waals surface area contributed by atoms with Crippen molar-refractivity contribution in [2.24, 2.45) is 7.05 Å². The summed E-state index contributed by atoms with van der Waals surface area (Å²) in [5.41, 5.74) is -1.30. The zero-order chi connectivity index (χ0) is 19.9. The van der Waals surface area contributed by atoms with Crippen LogP contribution in [-0.2, 0) is 13.6 Å². The molecule has 140 valence electrons. The van der Waals surface area contributed by atoms with Crippen LogP contribution < -0.4 is 16.6 Å². The summed E-state index contributed by atoms with van der Waals surface area (Å²) >= 11 is 6.07. The number of nitro groups is 1. The maximum absolute atomic E-state index is 12.7. The lowest BCUT2D eigenvalue weighted by molar-refractivity contribution is -0.384. The molecule has 1 aliphatic heterocycles. The lowest BCUT2D eigenvalue weighted by atomic mass is 10.1. The number of hydrogen-bond acceptors (Lipinski definition) is 6. The number of aromatic nitrogens is 2. The Morgan fingerprint density at radius 1 is 1.30 bits per heavy atom. The molecule has 2 heterocycles. The van der Waals surface area contributed by atoms with Crippen molar-refractivity contribution in [3.05, 3.63) is 71.0 Å². The fraction of sp³-hybridized carbons (Fsp3) is 0.235. The third kappa shape index (κ3) is 3.06. The van der Waals surface area contributed by atoms with Crippen LogP contribution in [0.1, 0.15) is 29.3 Å². The van der Waals surface area contributed by atoms with Crippen LogP contribution in [0.4, 0.5) is 11.5 Å². The fourth-order valence-electron chi connectivity index (χ4n) is 2.86. The van der Waals surface area contributed by atoms with E-state index in [1.54, 1.807) is 0 Å². The van der Waals surface area contributed by atoms with E-state index >= 15 is 0 Å². The minimum atomic E-state index is -0.701. The number of fused-ring (bicyclic) bond motifs is 1. The molecular weight excluding hydrogens is 376 g/mol. The van der Waals surface area contributed by atoms with Crippen LogP contribution in [-0.4, -0.2) is 19.8 Å². The Bertz CT molecular complexity index is 1130. The number of rotatable bonds is 4. The van der Waals surface area contributed by atoms with E-state index in [1.165, 1.54) is 35.9 Å². The molecule has 1 aromatic heterocycles. The van der Waals surface area contributed by atoms with E-state index in [1.807, 2.05) is 6.92 Å². The first-order valence-corrected chi connectivity index (χ1v) is 8.45. The Morgan fingerprint density at radius 3 is 2.63 bits per heavy atom. The number of carbonyl (C=O) groups excluding carboxylic acids is 1. The number of ketones is 1. The minimum absolute atomic E-state index is 0.0138. The van der Waals surface area contributed by atoms with Gasteiger partial charge in [0, 0.05) is 36.3 Å². The van der Waals surface area contributed by atoms with Crippen LogP contribution >= 0.6 is 11.6 Å². The number of carbonyl (C=O) groups is 1. The minimum Gasteiger partial charge on any atom is -0.338 e. The molecule has 0 aliphatic carbocycles. The van der Waals surface area contributed by atoms with Crippen LogP contribution in [0.3, 0.4) is 0 Å². The summed E-state index contributed by atoms with van der Waals surface area (Å²) in [5.74, 6) is -0.472. The number of nitrogens with one attached hydrogen (secondary N) is 1. The molecule has 2 aromatic rings. The second kappa shape index (κ2) is 6.84. The quantitative estimate of drug-likeness (QED) is 0.485. The second-order valence-corrected chi connectivity index (χ2v) is 6.40. The van der Waals surface area contributed by atoms with Gasteiger partial charge in [0.1, 0.15) is 11.4 Å². The van der Waals surface area contributed by atoms with Crippen LogP contribution in [0.25, 0.3) is 6.08 Å². The van der Waals surface area contributed by atoms with Crippen LogP contribution in [0.15, 0.2) is 33.5 Å². The van der Waals surface area contributed by atoms with E-state index in [9.17, 15) is 24.5 Å². The molecule has 0 bridgehead atoms. The van der Waals surface area contributed by atoms with Gasteiger partial charge in [-0.1, -0.05) is 18.5 Å². The first-order chi connectivity index (χ1) is 12.8. The maximum atomic E-state index is 12.7. The molecule has 0 fully saturated rings. The highest BCUT2D eigenvalue weighted by molar-refractivity contribution is 6.32. The van der Waals surface area contributed by atoms with E-state index in [2.05, 4.69) is 5.32 Å². The molecule has 3 rings (SSSR count). The number of benzene rings is 1. The van der Waals surface area contributed by atoms with Gasteiger partial charge in [0.05, 0.1) is 10.6 Å². The van der Waals surface area contributed by atoms with Gasteiger partial charge in [0.15, 0.2) is 0 Å². The topological polar surface area (TPSA) is 116 Å². The molecule has 0 atom stereocenters. The molecule has 9 nitrogen and oxygen atoms in total. The molecule has 0 unspecified atom stereocenters. The predicted octanol–water partition coefficient (Wildman–Crippen LogP) is 2.17. The average molecular weight is 391 g/mol. The van der Waals surface area contributed by atoms with Gasteiger partial charge in [-0.05, 0) is 18.6 Å². The Hall–Kier alpha value is -3.20. The number of nitrogens with zero attached hydrogens (tertiary/aromatic N) is 3. The molecule has 0 saturated carbocycles. The van der Waals surface area contributed by atoms with Gasteiger partial charge < -0.3 is 5.32 Å². The number of allylic oxidation sites excluding steroid dienone is 1. The normalized spacial score (nSPS) is 14.3. The monoisotopic (exact) mass is 390 g/mol. The highest BCUT2D eigenvalue weighted by Crippen LogP contribution is 2.29.